The number of allylic oxidation sites excluding steroid dienone is 1. The summed E-state index contributed by atoms with van der Waals surface area (Å²) in [5, 5.41) is 15.1. The molecule has 0 bridgehead atoms. The van der Waals surface area contributed by atoms with Crippen LogP contribution in [0.25, 0.3) is 0 Å². The molecule has 4 heteroatoms. The molecule has 3 rings (SSSR count). The smallest absolute Gasteiger partial charge is 0.111 e. The number of aliphatic hydroxyl groups is 1. The molecule has 2 saturated carbocycles. The third kappa shape index (κ3) is 3.28. The number of nitrogens with two attached hydrogens (primary N) is 2. The van der Waals surface area contributed by atoms with Gasteiger partial charge in [-0.1, -0.05) is 12.2 Å². The Labute approximate surface area is 160 Å². The Morgan fingerprint density at radius 1 is 1.19 bits per heavy atom. The van der Waals surface area contributed by atoms with Gasteiger partial charge in [-0.15, -0.1) is 0 Å². The van der Waals surface area contributed by atoms with Crippen LogP contribution in [-0.4, -0.2) is 34.0 Å². The maximum Gasteiger partial charge on any atom is 0.111 e. The largest absolute Gasteiger partial charge is 0.474 e. The molecular weight excluding hydrogens is 324 g/mol. The summed E-state index contributed by atoms with van der Waals surface area (Å²) in [6.07, 6.45) is 6.46. The molecule has 5 N–H and O–H groups in total. The van der Waals surface area contributed by atoms with Gasteiger partial charge in [0, 0.05) is 5.92 Å². The van der Waals surface area contributed by atoms with Gasteiger partial charge in [0.25, 0.3) is 0 Å². The second kappa shape index (κ2) is 6.88. The van der Waals surface area contributed by atoms with Crippen molar-refractivity contribution in [2.75, 3.05) is 0 Å². The number of hydrogen-bond acceptors (Lipinski definition) is 2. The van der Waals surface area contributed by atoms with E-state index in [9.17, 15) is 5.11 Å². The molecule has 1 saturated heterocycles. The maximum absolute atomic E-state index is 11.1. The summed E-state index contributed by atoms with van der Waals surface area (Å²) < 4.78 is 6.77. The SMILES string of the molecule is C=C1CC[C@H]([C@@]2(C)CC[C@@H](C(C)(C)[NH2+][CH2-])O2)[C@@H]2[C@@H]1CC[C@@](C)(O)[C@@H]2[NH2+][CH2-]. The first-order chi connectivity index (χ1) is 12.1. The molecule has 3 fully saturated rings. The zero-order chi connectivity index (χ0) is 19.3. The average molecular weight is 365 g/mol. The van der Waals surface area contributed by atoms with Crippen LogP contribution in [0.3, 0.4) is 0 Å². The molecule has 0 spiro atoms. The van der Waals surface area contributed by atoms with Gasteiger partial charge in [0.05, 0.1) is 17.2 Å². The third-order valence-corrected chi connectivity index (χ3v) is 8.03. The lowest BCUT2D eigenvalue weighted by Gasteiger charge is -2.55. The van der Waals surface area contributed by atoms with E-state index in [2.05, 4.69) is 41.4 Å². The van der Waals surface area contributed by atoms with E-state index in [1.165, 1.54) is 5.57 Å². The van der Waals surface area contributed by atoms with E-state index in [0.29, 0.717) is 17.8 Å². The summed E-state index contributed by atoms with van der Waals surface area (Å²) in [7, 11) is 8.12. The average Bonchev–Trinajstić information content (AvgIpc) is 2.98. The second-order valence-electron chi connectivity index (χ2n) is 10.1. The summed E-state index contributed by atoms with van der Waals surface area (Å²) in [6, 6.07) is 0.107. The molecule has 0 aromatic heterocycles. The number of fused-ring (bicyclic) bond motifs is 1. The van der Waals surface area contributed by atoms with Crippen molar-refractivity contribution < 1.29 is 20.5 Å². The van der Waals surface area contributed by atoms with E-state index in [1.807, 2.05) is 17.6 Å². The molecule has 3 aliphatic rings. The monoisotopic (exact) mass is 364 g/mol. The molecule has 0 unspecified atom stereocenters. The highest BCUT2D eigenvalue weighted by atomic mass is 16.5. The first-order valence-electron chi connectivity index (χ1n) is 10.4. The van der Waals surface area contributed by atoms with Crippen LogP contribution in [0.4, 0.5) is 0 Å². The van der Waals surface area contributed by atoms with E-state index >= 15 is 0 Å². The van der Waals surface area contributed by atoms with E-state index in [-0.39, 0.29) is 23.3 Å². The molecule has 1 heterocycles. The van der Waals surface area contributed by atoms with Crippen molar-refractivity contribution in [1.29, 1.82) is 0 Å². The summed E-state index contributed by atoms with van der Waals surface area (Å²) in [5.74, 6) is 1.32. The molecule has 0 aromatic carbocycles. The Morgan fingerprint density at radius 2 is 1.88 bits per heavy atom. The fourth-order valence-corrected chi connectivity index (χ4v) is 6.11. The highest BCUT2D eigenvalue weighted by molar-refractivity contribution is 5.17. The van der Waals surface area contributed by atoms with Crippen LogP contribution < -0.4 is 10.6 Å². The zero-order valence-electron chi connectivity index (χ0n) is 17.3. The Bertz CT molecular complexity index is 544. The van der Waals surface area contributed by atoms with E-state index in [0.717, 1.165) is 38.5 Å². The van der Waals surface area contributed by atoms with Gasteiger partial charge in [-0.3, -0.25) is 0 Å². The van der Waals surface area contributed by atoms with Crippen molar-refractivity contribution in [2.45, 2.75) is 95.1 Å². The van der Waals surface area contributed by atoms with Gasteiger partial charge in [0.2, 0.25) is 0 Å². The van der Waals surface area contributed by atoms with Crippen LogP contribution in [0.1, 0.15) is 66.2 Å². The Kier molecular flexibility index (Phi) is 5.37. The van der Waals surface area contributed by atoms with Crippen LogP contribution in [-0.2, 0) is 4.74 Å². The number of quaternary nitrogens is 2. The molecule has 7 atom stereocenters. The van der Waals surface area contributed by atoms with Crippen LogP contribution in [0.2, 0.25) is 0 Å². The fourth-order valence-electron chi connectivity index (χ4n) is 6.11. The number of rotatable bonds is 4. The summed E-state index contributed by atoms with van der Waals surface area (Å²) in [6.45, 7) is 13.1. The molecule has 26 heavy (non-hydrogen) atoms. The minimum Gasteiger partial charge on any atom is -0.474 e. The lowest BCUT2D eigenvalue weighted by Crippen LogP contribution is -2.93. The van der Waals surface area contributed by atoms with Gasteiger partial charge in [-0.25, -0.2) is 0 Å². The third-order valence-electron chi connectivity index (χ3n) is 8.03. The van der Waals surface area contributed by atoms with Gasteiger partial charge in [-0.2, -0.15) is 14.1 Å². The number of ether oxygens (including phenoxy) is 1. The van der Waals surface area contributed by atoms with Gasteiger partial charge in [0.15, 0.2) is 0 Å². The minimum atomic E-state index is -0.673. The summed E-state index contributed by atoms with van der Waals surface area (Å²) in [4.78, 5) is 0. The molecule has 0 amide bonds. The van der Waals surface area contributed by atoms with Gasteiger partial charge in [-0.05, 0) is 78.1 Å². The van der Waals surface area contributed by atoms with Crippen molar-refractivity contribution in [2.24, 2.45) is 17.8 Å². The topological polar surface area (TPSA) is 62.7 Å². The van der Waals surface area contributed by atoms with Crippen molar-refractivity contribution >= 4 is 0 Å². The summed E-state index contributed by atoms with van der Waals surface area (Å²) in [5.41, 5.74) is 0.556. The fraction of sp³-hybridized carbons (Fsp3) is 0.818. The standard InChI is InChI=1S/C22H40N2O2/c1-14-8-9-16(18-15(14)10-12-21(4,25)19(18)23-6)22(5)13-11-17(26-22)20(2,3)24-7/h15-19,25H,1,6-13,23-24H2,2-5H3/t15-,16+,17+,18+,19-,21-,22-/m1/s1. The normalized spacial score (nSPS) is 47.0. The molecule has 0 aromatic rings. The van der Waals surface area contributed by atoms with Crippen molar-refractivity contribution in [3.8, 4) is 0 Å². The molecule has 150 valence electrons. The molecule has 1 aliphatic heterocycles. The van der Waals surface area contributed by atoms with Crippen molar-refractivity contribution in [3.05, 3.63) is 26.2 Å². The highest BCUT2D eigenvalue weighted by Gasteiger charge is 2.58. The molecule has 2 aliphatic carbocycles. The predicted octanol–water partition coefficient (Wildman–Crippen LogP) is 1.52. The van der Waals surface area contributed by atoms with Crippen LogP contribution in [0, 0.1) is 31.8 Å². The van der Waals surface area contributed by atoms with Gasteiger partial charge >= 0.3 is 0 Å². The van der Waals surface area contributed by atoms with E-state index in [4.69, 9.17) is 4.74 Å². The number of hydrogen-bond donors (Lipinski definition) is 3. The first kappa shape index (κ1) is 20.3. The van der Waals surface area contributed by atoms with Gasteiger partial charge < -0.3 is 20.5 Å². The highest BCUT2D eigenvalue weighted by Crippen LogP contribution is 2.54. The molecule has 4 nitrogen and oxygen atoms in total. The second-order valence-corrected chi connectivity index (χ2v) is 10.1. The Morgan fingerprint density at radius 3 is 2.50 bits per heavy atom. The zero-order valence-corrected chi connectivity index (χ0v) is 17.3. The first-order valence-corrected chi connectivity index (χ1v) is 10.4. The molecule has 0 radical (unpaired) electrons. The van der Waals surface area contributed by atoms with Gasteiger partial charge in [0.1, 0.15) is 11.7 Å². The molecular formula is C22H40N2O2. The van der Waals surface area contributed by atoms with Crippen LogP contribution >= 0.6 is 0 Å². The van der Waals surface area contributed by atoms with E-state index in [1.54, 1.807) is 0 Å². The van der Waals surface area contributed by atoms with Crippen molar-refractivity contribution in [1.82, 2.24) is 0 Å². The minimum absolute atomic E-state index is 0.00861. The summed E-state index contributed by atoms with van der Waals surface area (Å²) >= 11 is 0. The quantitative estimate of drug-likeness (QED) is 0.523. The van der Waals surface area contributed by atoms with E-state index < -0.39 is 5.60 Å². The Balaban J connectivity index is 1.90. The van der Waals surface area contributed by atoms with Crippen LogP contribution in [0.15, 0.2) is 12.2 Å². The Hall–Kier alpha value is -0.420. The predicted molar refractivity (Wildman–Crippen MR) is 104 cm³/mol. The van der Waals surface area contributed by atoms with Crippen molar-refractivity contribution in [3.63, 3.8) is 0 Å². The maximum atomic E-state index is 11.1. The lowest BCUT2D eigenvalue weighted by atomic mass is 9.55. The lowest BCUT2D eigenvalue weighted by molar-refractivity contribution is -0.678. The van der Waals surface area contributed by atoms with Crippen LogP contribution in [0.5, 0.6) is 0 Å².